The number of carbonyl (C=O) groups is 1. The van der Waals surface area contributed by atoms with Gasteiger partial charge in [-0.2, -0.15) is 0 Å². The Morgan fingerprint density at radius 1 is 1.47 bits per heavy atom. The number of hydrogen-bond donors (Lipinski definition) is 1. The molecule has 1 unspecified atom stereocenters. The monoisotopic (exact) mass is 239 g/mol. The van der Waals surface area contributed by atoms with Crippen LogP contribution in [-0.2, 0) is 4.74 Å². The maximum absolute atomic E-state index is 11.7. The molecule has 0 spiro atoms. The Bertz CT molecular complexity index is 308. The van der Waals surface area contributed by atoms with Crippen molar-refractivity contribution in [3.05, 3.63) is 37.5 Å². The van der Waals surface area contributed by atoms with Gasteiger partial charge in [0.2, 0.25) is 0 Å². The van der Waals surface area contributed by atoms with Gasteiger partial charge in [-0.15, -0.1) is 6.58 Å². The lowest BCUT2D eigenvalue weighted by atomic mass is 9.98. The fourth-order valence-electron chi connectivity index (χ4n) is 1.09. The minimum absolute atomic E-state index is 0.115. The number of carbonyl (C=O) groups excluding carboxylic acids is 1. The van der Waals surface area contributed by atoms with Crippen molar-refractivity contribution in [2.45, 2.75) is 19.4 Å². The van der Waals surface area contributed by atoms with E-state index in [1.54, 1.807) is 19.9 Å². The molecule has 0 aliphatic carbocycles. The highest BCUT2D eigenvalue weighted by Crippen LogP contribution is 2.16. The van der Waals surface area contributed by atoms with Gasteiger partial charge in [0.05, 0.1) is 12.1 Å². The Morgan fingerprint density at radius 2 is 2.06 bits per heavy atom. The minimum atomic E-state index is -1.14. The van der Waals surface area contributed by atoms with Crippen LogP contribution in [0.1, 0.15) is 13.8 Å². The van der Waals surface area contributed by atoms with Gasteiger partial charge in [-0.1, -0.05) is 25.3 Å². The van der Waals surface area contributed by atoms with Gasteiger partial charge < -0.3 is 14.7 Å². The molecule has 1 atom stereocenters. The van der Waals surface area contributed by atoms with Crippen LogP contribution in [-0.4, -0.2) is 41.4 Å². The van der Waals surface area contributed by atoms with Crippen LogP contribution in [0.15, 0.2) is 37.5 Å². The third-order valence-electron chi connectivity index (χ3n) is 2.35. The van der Waals surface area contributed by atoms with Crippen LogP contribution in [0, 0.1) is 0 Å². The van der Waals surface area contributed by atoms with E-state index in [-0.39, 0.29) is 13.2 Å². The fourth-order valence-corrected chi connectivity index (χ4v) is 1.09. The van der Waals surface area contributed by atoms with Gasteiger partial charge in [0.25, 0.3) is 0 Å². The van der Waals surface area contributed by atoms with Crippen LogP contribution in [0.25, 0.3) is 0 Å². The highest BCUT2D eigenvalue weighted by Gasteiger charge is 2.27. The van der Waals surface area contributed by atoms with E-state index in [4.69, 9.17) is 4.74 Å². The van der Waals surface area contributed by atoms with Crippen molar-refractivity contribution in [3.63, 3.8) is 0 Å². The van der Waals surface area contributed by atoms with E-state index in [1.165, 1.54) is 11.0 Å². The second kappa shape index (κ2) is 6.91. The van der Waals surface area contributed by atoms with Crippen molar-refractivity contribution in [2.75, 3.05) is 19.7 Å². The van der Waals surface area contributed by atoms with Crippen molar-refractivity contribution >= 4 is 6.09 Å². The third-order valence-corrected chi connectivity index (χ3v) is 2.35. The van der Waals surface area contributed by atoms with Gasteiger partial charge in [0.15, 0.2) is 0 Å². The Balaban J connectivity index is 4.62. The summed E-state index contributed by atoms with van der Waals surface area (Å²) in [5.74, 6) is 0. The van der Waals surface area contributed by atoms with E-state index in [0.717, 1.165) is 0 Å². The molecular formula is C13H21NO3. The topological polar surface area (TPSA) is 49.8 Å². The first-order valence-electron chi connectivity index (χ1n) is 5.37. The molecule has 4 heteroatoms. The zero-order chi connectivity index (χ0) is 13.5. The molecule has 0 aliphatic rings. The molecule has 0 rings (SSSR count). The molecule has 0 fully saturated rings. The van der Waals surface area contributed by atoms with E-state index >= 15 is 0 Å². The maximum atomic E-state index is 11.7. The molecule has 0 heterocycles. The van der Waals surface area contributed by atoms with Gasteiger partial charge in [0.1, 0.15) is 6.61 Å². The number of amides is 1. The standard InChI is InChI=1S/C13H21NO3/c1-6-8-14(12(15)17-9-7-2)10-13(5,16)11(3)4/h6-7,16H,1-3,8-10H2,4-5H3. The third kappa shape index (κ3) is 5.36. The lowest BCUT2D eigenvalue weighted by Crippen LogP contribution is -2.44. The molecule has 96 valence electrons. The van der Waals surface area contributed by atoms with Crippen molar-refractivity contribution in [1.82, 2.24) is 4.90 Å². The van der Waals surface area contributed by atoms with Crippen LogP contribution in [0.5, 0.6) is 0 Å². The summed E-state index contributed by atoms with van der Waals surface area (Å²) in [6.45, 7) is 14.6. The first-order valence-corrected chi connectivity index (χ1v) is 5.37. The van der Waals surface area contributed by atoms with Crippen molar-refractivity contribution < 1.29 is 14.6 Å². The summed E-state index contributed by atoms with van der Waals surface area (Å²) in [6.07, 6.45) is 2.55. The molecule has 0 aromatic rings. The molecule has 1 N–H and O–H groups in total. The number of ether oxygens (including phenoxy) is 1. The minimum Gasteiger partial charge on any atom is -0.445 e. The molecule has 1 amide bonds. The maximum Gasteiger partial charge on any atom is 0.410 e. The van der Waals surface area contributed by atoms with Crippen LogP contribution in [0.4, 0.5) is 4.79 Å². The Kier molecular flexibility index (Phi) is 6.28. The zero-order valence-electron chi connectivity index (χ0n) is 10.6. The lowest BCUT2D eigenvalue weighted by Gasteiger charge is -2.30. The second-order valence-corrected chi connectivity index (χ2v) is 4.09. The summed E-state index contributed by atoms with van der Waals surface area (Å²) in [5, 5.41) is 10.1. The molecule has 0 saturated carbocycles. The normalized spacial score (nSPS) is 13.4. The van der Waals surface area contributed by atoms with Crippen LogP contribution in [0.2, 0.25) is 0 Å². The highest BCUT2D eigenvalue weighted by atomic mass is 16.6. The summed E-state index contributed by atoms with van der Waals surface area (Å²) in [5.41, 5.74) is -0.556. The number of rotatable bonds is 7. The summed E-state index contributed by atoms with van der Waals surface area (Å²) in [6, 6.07) is 0. The van der Waals surface area contributed by atoms with E-state index < -0.39 is 11.7 Å². The number of hydrogen-bond acceptors (Lipinski definition) is 3. The average molecular weight is 239 g/mol. The predicted octanol–water partition coefficient (Wildman–Crippen LogP) is 2.12. The fraction of sp³-hybridized carbons (Fsp3) is 0.462. The summed E-state index contributed by atoms with van der Waals surface area (Å²) >= 11 is 0. The zero-order valence-corrected chi connectivity index (χ0v) is 10.6. The van der Waals surface area contributed by atoms with E-state index in [1.807, 2.05) is 0 Å². The molecule has 0 aromatic carbocycles. The molecular weight excluding hydrogens is 218 g/mol. The largest absolute Gasteiger partial charge is 0.445 e. The quantitative estimate of drug-likeness (QED) is 0.692. The summed E-state index contributed by atoms with van der Waals surface area (Å²) in [7, 11) is 0. The molecule has 0 bridgehead atoms. The van der Waals surface area contributed by atoms with Crippen molar-refractivity contribution in [2.24, 2.45) is 0 Å². The van der Waals surface area contributed by atoms with Crippen LogP contribution in [0.3, 0.4) is 0 Å². The second-order valence-electron chi connectivity index (χ2n) is 4.09. The molecule has 0 aromatic heterocycles. The molecule has 0 aliphatic heterocycles. The van der Waals surface area contributed by atoms with Crippen LogP contribution >= 0.6 is 0 Å². The van der Waals surface area contributed by atoms with Gasteiger partial charge >= 0.3 is 6.09 Å². The smallest absolute Gasteiger partial charge is 0.410 e. The number of nitrogens with zero attached hydrogens (tertiary/aromatic N) is 1. The molecule has 0 radical (unpaired) electrons. The average Bonchev–Trinajstić information content (AvgIpc) is 2.24. The van der Waals surface area contributed by atoms with Gasteiger partial charge in [-0.25, -0.2) is 4.79 Å². The van der Waals surface area contributed by atoms with Gasteiger partial charge in [0, 0.05) is 6.54 Å². The lowest BCUT2D eigenvalue weighted by molar-refractivity contribution is 0.0461. The van der Waals surface area contributed by atoms with Crippen molar-refractivity contribution in [3.8, 4) is 0 Å². The Hall–Kier alpha value is -1.55. The highest BCUT2D eigenvalue weighted by molar-refractivity contribution is 5.68. The molecule has 0 saturated heterocycles. The summed E-state index contributed by atoms with van der Waals surface area (Å²) < 4.78 is 4.91. The molecule has 17 heavy (non-hydrogen) atoms. The Morgan fingerprint density at radius 3 is 2.47 bits per heavy atom. The first kappa shape index (κ1) is 15.4. The Labute approximate surface area is 103 Å². The SMILES string of the molecule is C=CCOC(=O)N(CC=C)CC(C)(O)C(=C)C. The van der Waals surface area contributed by atoms with E-state index in [0.29, 0.717) is 12.1 Å². The van der Waals surface area contributed by atoms with Gasteiger partial charge in [-0.3, -0.25) is 0 Å². The van der Waals surface area contributed by atoms with Crippen LogP contribution < -0.4 is 0 Å². The molecule has 4 nitrogen and oxygen atoms in total. The summed E-state index contributed by atoms with van der Waals surface area (Å²) in [4.78, 5) is 13.0. The van der Waals surface area contributed by atoms with E-state index in [2.05, 4.69) is 19.7 Å². The first-order chi connectivity index (χ1) is 7.85. The van der Waals surface area contributed by atoms with E-state index in [9.17, 15) is 9.90 Å². The van der Waals surface area contributed by atoms with Crippen molar-refractivity contribution in [1.29, 1.82) is 0 Å². The number of aliphatic hydroxyl groups is 1. The van der Waals surface area contributed by atoms with Gasteiger partial charge in [-0.05, 0) is 19.4 Å². The predicted molar refractivity (Wildman–Crippen MR) is 68.8 cm³/mol.